The zero-order valence-electron chi connectivity index (χ0n) is 13.5. The van der Waals surface area contributed by atoms with Gasteiger partial charge in [0.2, 0.25) is 0 Å². The number of hydrogen-bond acceptors (Lipinski definition) is 3. The number of nitrogens with zero attached hydrogens (tertiary/aromatic N) is 1. The number of carbonyl (C=O) groups excluding carboxylic acids is 1. The van der Waals surface area contributed by atoms with Crippen LogP contribution in [-0.4, -0.2) is 37.0 Å². The van der Waals surface area contributed by atoms with Gasteiger partial charge < -0.3 is 10.2 Å². The number of likely N-dealkylation sites (tertiary alicyclic amines) is 1. The number of aryl methyl sites for hydroxylation is 1. The van der Waals surface area contributed by atoms with Crippen LogP contribution in [-0.2, 0) is 12.8 Å². The van der Waals surface area contributed by atoms with Crippen molar-refractivity contribution in [3.63, 3.8) is 0 Å². The Morgan fingerprint density at radius 1 is 1.05 bits per heavy atom. The maximum Gasteiger partial charge on any atom is 0.252 e. The predicted octanol–water partition coefficient (Wildman–Crippen LogP) is 3.62. The molecule has 0 atom stereocenters. The summed E-state index contributed by atoms with van der Waals surface area (Å²) in [5.74, 6) is 0.147. The average Bonchev–Trinajstić information content (AvgIpc) is 2.73. The van der Waals surface area contributed by atoms with E-state index in [9.17, 15) is 4.79 Å². The molecule has 0 aromatic carbocycles. The molecule has 1 fully saturated rings. The van der Waals surface area contributed by atoms with E-state index >= 15 is 0 Å². The molecule has 0 saturated carbocycles. The highest BCUT2D eigenvalue weighted by Crippen LogP contribution is 2.29. The minimum Gasteiger partial charge on any atom is -0.351 e. The van der Waals surface area contributed by atoms with Gasteiger partial charge in [0.15, 0.2) is 0 Å². The number of amides is 1. The van der Waals surface area contributed by atoms with Crippen LogP contribution in [0.25, 0.3) is 0 Å². The summed E-state index contributed by atoms with van der Waals surface area (Å²) in [4.78, 5) is 16.4. The molecular formula is C18H28N2OS. The maximum atomic E-state index is 12.5. The van der Waals surface area contributed by atoms with Crippen molar-refractivity contribution in [3.8, 4) is 0 Å². The van der Waals surface area contributed by atoms with E-state index in [0.717, 1.165) is 25.1 Å². The number of nitrogens with one attached hydrogen (secondary N) is 1. The van der Waals surface area contributed by atoms with Gasteiger partial charge in [-0.3, -0.25) is 4.79 Å². The molecule has 1 aliphatic carbocycles. The summed E-state index contributed by atoms with van der Waals surface area (Å²) >= 11 is 1.79. The Balaban J connectivity index is 1.50. The molecule has 1 N–H and O–H groups in total. The fourth-order valence-corrected chi connectivity index (χ4v) is 4.77. The summed E-state index contributed by atoms with van der Waals surface area (Å²) in [6, 6.07) is 0. The number of carbonyl (C=O) groups is 1. The van der Waals surface area contributed by atoms with Gasteiger partial charge in [-0.1, -0.05) is 19.3 Å². The number of hydrogen-bond donors (Lipinski definition) is 1. The molecule has 1 aromatic rings. The third-order valence-corrected chi connectivity index (χ3v) is 6.06. The van der Waals surface area contributed by atoms with Crippen LogP contribution in [0.4, 0.5) is 0 Å². The van der Waals surface area contributed by atoms with E-state index in [-0.39, 0.29) is 5.91 Å². The lowest BCUT2D eigenvalue weighted by Crippen LogP contribution is -2.35. The van der Waals surface area contributed by atoms with E-state index in [4.69, 9.17) is 0 Å². The largest absolute Gasteiger partial charge is 0.351 e. The van der Waals surface area contributed by atoms with Gasteiger partial charge in [-0.15, -0.1) is 11.3 Å². The Morgan fingerprint density at radius 3 is 2.59 bits per heavy atom. The molecule has 3 rings (SSSR count). The van der Waals surface area contributed by atoms with Gasteiger partial charge in [0.05, 0.1) is 5.56 Å². The average molecular weight is 321 g/mol. The lowest BCUT2D eigenvalue weighted by molar-refractivity contribution is 0.0948. The van der Waals surface area contributed by atoms with E-state index < -0.39 is 0 Å². The second kappa shape index (κ2) is 8.11. The minimum absolute atomic E-state index is 0.147. The van der Waals surface area contributed by atoms with E-state index in [1.165, 1.54) is 74.9 Å². The van der Waals surface area contributed by atoms with Crippen LogP contribution in [0.3, 0.4) is 0 Å². The summed E-state index contributed by atoms with van der Waals surface area (Å²) < 4.78 is 0. The van der Waals surface area contributed by atoms with Crippen LogP contribution < -0.4 is 5.32 Å². The molecule has 1 aliphatic heterocycles. The molecule has 0 radical (unpaired) electrons. The van der Waals surface area contributed by atoms with E-state index in [2.05, 4.69) is 15.6 Å². The van der Waals surface area contributed by atoms with Crippen molar-refractivity contribution < 1.29 is 4.79 Å². The third kappa shape index (κ3) is 4.11. The van der Waals surface area contributed by atoms with Gasteiger partial charge in [-0.25, -0.2) is 0 Å². The smallest absolute Gasteiger partial charge is 0.252 e. The molecular weight excluding hydrogens is 292 g/mol. The summed E-state index contributed by atoms with van der Waals surface area (Å²) in [5.41, 5.74) is 2.30. The van der Waals surface area contributed by atoms with Crippen molar-refractivity contribution in [2.24, 2.45) is 0 Å². The second-order valence-electron chi connectivity index (χ2n) is 6.62. The van der Waals surface area contributed by atoms with Crippen molar-refractivity contribution >= 4 is 17.2 Å². The van der Waals surface area contributed by atoms with Gasteiger partial charge in [0.25, 0.3) is 5.91 Å². The molecule has 0 unspecified atom stereocenters. The predicted molar refractivity (Wildman–Crippen MR) is 92.8 cm³/mol. The Bertz CT molecular complexity index is 489. The topological polar surface area (TPSA) is 32.3 Å². The van der Waals surface area contributed by atoms with Gasteiger partial charge in [0.1, 0.15) is 0 Å². The normalized spacial score (nSPS) is 20.0. The second-order valence-corrected chi connectivity index (χ2v) is 7.59. The Hall–Kier alpha value is -0.870. The first-order valence-electron chi connectivity index (χ1n) is 8.94. The van der Waals surface area contributed by atoms with Crippen molar-refractivity contribution in [1.82, 2.24) is 10.2 Å². The van der Waals surface area contributed by atoms with E-state index in [1.807, 2.05) is 0 Å². The molecule has 0 spiro atoms. The summed E-state index contributed by atoms with van der Waals surface area (Å²) in [7, 11) is 0. The van der Waals surface area contributed by atoms with Crippen LogP contribution in [0.1, 0.15) is 65.7 Å². The molecule has 2 aliphatic rings. The number of rotatable bonds is 4. The first-order chi connectivity index (χ1) is 10.8. The lowest BCUT2D eigenvalue weighted by Gasteiger charge is -2.19. The third-order valence-electron chi connectivity index (χ3n) is 4.97. The van der Waals surface area contributed by atoms with Crippen molar-refractivity contribution in [2.45, 2.75) is 57.8 Å². The zero-order chi connectivity index (χ0) is 15.2. The van der Waals surface area contributed by atoms with Crippen molar-refractivity contribution in [3.05, 3.63) is 21.4 Å². The summed E-state index contributed by atoms with van der Waals surface area (Å²) in [5, 5.41) is 5.23. The Labute approximate surface area is 138 Å². The molecule has 4 heteroatoms. The van der Waals surface area contributed by atoms with Gasteiger partial charge in [-0.05, 0) is 57.2 Å². The van der Waals surface area contributed by atoms with Crippen LogP contribution in [0.2, 0.25) is 0 Å². The van der Waals surface area contributed by atoms with Gasteiger partial charge in [-0.2, -0.15) is 0 Å². The molecule has 122 valence electrons. The maximum absolute atomic E-state index is 12.5. The molecule has 2 heterocycles. The van der Waals surface area contributed by atoms with E-state index in [1.54, 1.807) is 11.3 Å². The summed E-state index contributed by atoms with van der Waals surface area (Å²) in [6.07, 6.45) is 11.4. The van der Waals surface area contributed by atoms with Crippen LogP contribution in [0.5, 0.6) is 0 Å². The highest BCUT2D eigenvalue weighted by Gasteiger charge is 2.19. The zero-order valence-corrected chi connectivity index (χ0v) is 14.3. The van der Waals surface area contributed by atoms with Gasteiger partial charge in [0, 0.05) is 23.3 Å². The number of thiophene rings is 1. The first kappa shape index (κ1) is 16.0. The molecule has 0 bridgehead atoms. The highest BCUT2D eigenvalue weighted by molar-refractivity contribution is 7.10. The molecule has 3 nitrogen and oxygen atoms in total. The van der Waals surface area contributed by atoms with Crippen LogP contribution >= 0.6 is 11.3 Å². The van der Waals surface area contributed by atoms with Crippen LogP contribution in [0.15, 0.2) is 5.38 Å². The molecule has 1 saturated heterocycles. The molecule has 1 amide bonds. The molecule has 1 aromatic heterocycles. The van der Waals surface area contributed by atoms with Gasteiger partial charge >= 0.3 is 0 Å². The lowest BCUT2D eigenvalue weighted by atomic mass is 10.1. The quantitative estimate of drug-likeness (QED) is 0.859. The highest BCUT2D eigenvalue weighted by atomic mass is 32.1. The first-order valence-corrected chi connectivity index (χ1v) is 9.82. The Morgan fingerprint density at radius 2 is 1.77 bits per heavy atom. The molecule has 22 heavy (non-hydrogen) atoms. The fraction of sp³-hybridized carbons (Fsp3) is 0.722. The van der Waals surface area contributed by atoms with Crippen molar-refractivity contribution in [2.75, 3.05) is 26.2 Å². The van der Waals surface area contributed by atoms with E-state index in [0.29, 0.717) is 0 Å². The Kier molecular flexibility index (Phi) is 5.90. The number of fused-ring (bicyclic) bond motifs is 1. The van der Waals surface area contributed by atoms with Crippen LogP contribution in [0, 0.1) is 0 Å². The van der Waals surface area contributed by atoms with Crippen molar-refractivity contribution in [1.29, 1.82) is 0 Å². The SMILES string of the molecule is O=C(NCCN1CCCCCC1)c1csc2c1CCCCC2. The monoisotopic (exact) mass is 320 g/mol. The fourth-order valence-electron chi connectivity index (χ4n) is 3.64. The minimum atomic E-state index is 0.147. The standard InChI is InChI=1S/C18H28N2OS/c21-18(19-10-13-20-11-6-1-2-7-12-20)16-14-22-17-9-5-3-4-8-15(16)17/h14H,1-13H2,(H,19,21). The summed E-state index contributed by atoms with van der Waals surface area (Å²) in [6.45, 7) is 4.18.